The highest BCUT2D eigenvalue weighted by atomic mass is 16.5. The number of carbonyl (C=O) groups is 1. The summed E-state index contributed by atoms with van der Waals surface area (Å²) in [5, 5.41) is 0.930. The summed E-state index contributed by atoms with van der Waals surface area (Å²) >= 11 is 0. The molecule has 78 valence electrons. The van der Waals surface area contributed by atoms with Gasteiger partial charge in [0.25, 0.3) is 0 Å². The lowest BCUT2D eigenvalue weighted by atomic mass is 10.1. The maximum absolute atomic E-state index is 11.5. The molecule has 0 unspecified atom stereocenters. The summed E-state index contributed by atoms with van der Waals surface area (Å²) in [6.07, 6.45) is 0. The highest BCUT2D eigenvalue weighted by molar-refractivity contribution is 6.09. The van der Waals surface area contributed by atoms with E-state index in [2.05, 4.69) is 4.98 Å². The van der Waals surface area contributed by atoms with Crippen molar-refractivity contribution in [1.82, 2.24) is 4.98 Å². The highest BCUT2D eigenvalue weighted by Gasteiger charge is 2.14. The molecule has 1 N–H and O–H groups in total. The number of aryl methyl sites for hydroxylation is 1. The molecule has 0 fully saturated rings. The Balaban J connectivity index is 2.84. The molecule has 0 aliphatic heterocycles. The summed E-state index contributed by atoms with van der Waals surface area (Å²) in [5.41, 5.74) is 2.54. The first-order valence-corrected chi connectivity index (χ1v) is 4.81. The Morgan fingerprint density at radius 2 is 2.13 bits per heavy atom. The molecule has 1 heterocycles. The zero-order chi connectivity index (χ0) is 11.0. The zero-order valence-electron chi connectivity index (χ0n) is 9.05. The third kappa shape index (κ3) is 1.40. The molecule has 2 aromatic rings. The fourth-order valence-corrected chi connectivity index (χ4v) is 1.94. The summed E-state index contributed by atoms with van der Waals surface area (Å²) in [5.74, 6) is 0.843. The van der Waals surface area contributed by atoms with E-state index in [0.29, 0.717) is 0 Å². The first-order valence-electron chi connectivity index (χ1n) is 4.81. The molecule has 0 amide bonds. The molecule has 1 aromatic heterocycles. The van der Waals surface area contributed by atoms with Gasteiger partial charge in [0.05, 0.1) is 12.6 Å². The number of nitrogens with one attached hydrogen (secondary N) is 1. The van der Waals surface area contributed by atoms with Gasteiger partial charge in [0, 0.05) is 16.6 Å². The van der Waals surface area contributed by atoms with Gasteiger partial charge in [-0.15, -0.1) is 0 Å². The van der Waals surface area contributed by atoms with Crippen molar-refractivity contribution in [1.29, 1.82) is 0 Å². The van der Waals surface area contributed by atoms with Crippen molar-refractivity contribution in [2.24, 2.45) is 0 Å². The minimum Gasteiger partial charge on any atom is -0.495 e. The van der Waals surface area contributed by atoms with E-state index < -0.39 is 0 Å². The number of aromatic nitrogens is 1. The molecule has 0 saturated heterocycles. The lowest BCUT2D eigenvalue weighted by Crippen LogP contribution is -1.92. The van der Waals surface area contributed by atoms with E-state index in [1.165, 1.54) is 0 Å². The van der Waals surface area contributed by atoms with Crippen LogP contribution < -0.4 is 4.74 Å². The fourth-order valence-electron chi connectivity index (χ4n) is 1.94. The van der Waals surface area contributed by atoms with Crippen LogP contribution in [0.25, 0.3) is 10.9 Å². The molecule has 0 saturated carbocycles. The summed E-state index contributed by atoms with van der Waals surface area (Å²) in [6, 6.07) is 5.70. The third-order valence-corrected chi connectivity index (χ3v) is 2.56. The number of fused-ring (bicyclic) bond motifs is 1. The number of Topliss-reactive ketones (excluding diaryl/α,β-unsaturated/α-hetero) is 1. The molecular weight excluding hydrogens is 190 g/mol. The van der Waals surface area contributed by atoms with Crippen LogP contribution in [0.2, 0.25) is 0 Å². The number of ketones is 1. The van der Waals surface area contributed by atoms with Gasteiger partial charge < -0.3 is 9.72 Å². The smallest absolute Gasteiger partial charge is 0.162 e. The number of rotatable bonds is 2. The average molecular weight is 203 g/mol. The molecule has 3 nitrogen and oxygen atoms in total. The minimum atomic E-state index is 0.0759. The van der Waals surface area contributed by atoms with Crippen molar-refractivity contribution in [2.45, 2.75) is 13.8 Å². The zero-order valence-corrected chi connectivity index (χ0v) is 9.05. The largest absolute Gasteiger partial charge is 0.495 e. The Labute approximate surface area is 88.1 Å². The van der Waals surface area contributed by atoms with Crippen LogP contribution in [0, 0.1) is 6.92 Å². The Morgan fingerprint density at radius 1 is 1.40 bits per heavy atom. The predicted molar refractivity (Wildman–Crippen MR) is 59.6 cm³/mol. The minimum absolute atomic E-state index is 0.0759. The molecule has 0 bridgehead atoms. The normalized spacial score (nSPS) is 10.6. The van der Waals surface area contributed by atoms with E-state index in [4.69, 9.17) is 4.74 Å². The third-order valence-electron chi connectivity index (χ3n) is 2.56. The Morgan fingerprint density at radius 3 is 2.73 bits per heavy atom. The summed E-state index contributed by atoms with van der Waals surface area (Å²) in [6.45, 7) is 3.48. The molecule has 15 heavy (non-hydrogen) atoms. The van der Waals surface area contributed by atoms with E-state index in [1.807, 2.05) is 25.1 Å². The van der Waals surface area contributed by atoms with Gasteiger partial charge in [-0.3, -0.25) is 4.79 Å². The molecule has 3 heteroatoms. The van der Waals surface area contributed by atoms with Gasteiger partial charge in [-0.1, -0.05) is 12.1 Å². The van der Waals surface area contributed by atoms with E-state index in [0.717, 1.165) is 27.9 Å². The molecule has 0 aliphatic carbocycles. The molecule has 1 aromatic carbocycles. The number of para-hydroxylation sites is 1. The molecule has 0 aliphatic rings. The number of hydrogen-bond acceptors (Lipinski definition) is 2. The van der Waals surface area contributed by atoms with Crippen molar-refractivity contribution in [2.75, 3.05) is 7.11 Å². The van der Waals surface area contributed by atoms with Crippen LogP contribution in [-0.4, -0.2) is 17.9 Å². The molecule has 0 radical (unpaired) electrons. The highest BCUT2D eigenvalue weighted by Crippen LogP contribution is 2.29. The quantitative estimate of drug-likeness (QED) is 0.762. The van der Waals surface area contributed by atoms with Gasteiger partial charge in [0.1, 0.15) is 5.75 Å². The van der Waals surface area contributed by atoms with Gasteiger partial charge in [0.15, 0.2) is 5.78 Å². The summed E-state index contributed by atoms with van der Waals surface area (Å²) < 4.78 is 5.23. The number of aromatic amines is 1. The van der Waals surface area contributed by atoms with Crippen LogP contribution >= 0.6 is 0 Å². The van der Waals surface area contributed by atoms with Crippen molar-refractivity contribution in [3.05, 3.63) is 29.5 Å². The van der Waals surface area contributed by atoms with Gasteiger partial charge in [-0.25, -0.2) is 0 Å². The van der Waals surface area contributed by atoms with Crippen molar-refractivity contribution in [3.63, 3.8) is 0 Å². The van der Waals surface area contributed by atoms with Crippen LogP contribution in [0.5, 0.6) is 5.75 Å². The molecule has 0 atom stereocenters. The van der Waals surface area contributed by atoms with Crippen molar-refractivity contribution < 1.29 is 9.53 Å². The van der Waals surface area contributed by atoms with Gasteiger partial charge in [-0.2, -0.15) is 0 Å². The summed E-state index contributed by atoms with van der Waals surface area (Å²) in [7, 11) is 1.62. The van der Waals surface area contributed by atoms with Crippen molar-refractivity contribution in [3.8, 4) is 5.75 Å². The first kappa shape index (κ1) is 9.77. The maximum atomic E-state index is 11.5. The van der Waals surface area contributed by atoms with Crippen LogP contribution in [0.3, 0.4) is 0 Å². The lowest BCUT2D eigenvalue weighted by Gasteiger charge is -2.00. The van der Waals surface area contributed by atoms with Gasteiger partial charge in [-0.05, 0) is 19.9 Å². The maximum Gasteiger partial charge on any atom is 0.162 e. The predicted octanol–water partition coefficient (Wildman–Crippen LogP) is 2.69. The molecular formula is C12H13NO2. The van der Waals surface area contributed by atoms with E-state index >= 15 is 0 Å². The number of ether oxygens (including phenoxy) is 1. The second-order valence-electron chi connectivity index (χ2n) is 3.56. The number of benzene rings is 1. The van der Waals surface area contributed by atoms with E-state index in [9.17, 15) is 4.79 Å². The van der Waals surface area contributed by atoms with Crippen LogP contribution in [0.4, 0.5) is 0 Å². The Kier molecular flexibility index (Phi) is 2.23. The van der Waals surface area contributed by atoms with Crippen LogP contribution in [-0.2, 0) is 0 Å². The van der Waals surface area contributed by atoms with Crippen LogP contribution in [0.15, 0.2) is 18.2 Å². The van der Waals surface area contributed by atoms with Crippen molar-refractivity contribution >= 4 is 16.7 Å². The monoisotopic (exact) mass is 203 g/mol. The molecule has 2 rings (SSSR count). The van der Waals surface area contributed by atoms with E-state index in [-0.39, 0.29) is 5.78 Å². The number of carbonyl (C=O) groups excluding carboxylic acids is 1. The van der Waals surface area contributed by atoms with E-state index in [1.54, 1.807) is 14.0 Å². The number of hydrogen-bond donors (Lipinski definition) is 1. The Bertz CT molecular complexity index is 526. The standard InChI is InChI=1S/C12H13NO2/c1-7-11(8(2)14)9-5-4-6-10(15-3)12(9)13-7/h4-6,13H,1-3H3. The fraction of sp³-hybridized carbons (Fsp3) is 0.250. The molecule has 0 spiro atoms. The summed E-state index contributed by atoms with van der Waals surface area (Å²) in [4.78, 5) is 14.7. The number of H-pyrrole nitrogens is 1. The number of methoxy groups -OCH3 is 1. The lowest BCUT2D eigenvalue weighted by molar-refractivity contribution is 0.101. The van der Waals surface area contributed by atoms with Crippen LogP contribution in [0.1, 0.15) is 23.0 Å². The topological polar surface area (TPSA) is 42.1 Å². The van der Waals surface area contributed by atoms with Gasteiger partial charge in [0.2, 0.25) is 0 Å². The Hall–Kier alpha value is -1.77. The SMILES string of the molecule is COc1cccc2c(C(C)=O)c(C)[nH]c12. The van der Waals surface area contributed by atoms with Gasteiger partial charge >= 0.3 is 0 Å². The average Bonchev–Trinajstić information content (AvgIpc) is 2.53. The first-order chi connectivity index (χ1) is 7.15. The second-order valence-corrected chi connectivity index (χ2v) is 3.56. The second kappa shape index (κ2) is 3.42.